The fourth-order valence-corrected chi connectivity index (χ4v) is 1.74. The molecule has 1 amide bonds. The standard InChI is InChI=1S/C11H6BrClFN3O/c12-6-1-2-7(8(14)5-6)11(18)17-10-9(13)15-3-4-16-10/h1-5H,(H,16,17,18). The highest BCUT2D eigenvalue weighted by Gasteiger charge is 2.14. The van der Waals surface area contributed by atoms with E-state index < -0.39 is 11.7 Å². The number of carbonyl (C=O) groups is 1. The largest absolute Gasteiger partial charge is 0.304 e. The Hall–Kier alpha value is -1.53. The van der Waals surface area contributed by atoms with E-state index in [2.05, 4.69) is 31.2 Å². The third-order valence-electron chi connectivity index (χ3n) is 2.06. The topological polar surface area (TPSA) is 54.9 Å². The summed E-state index contributed by atoms with van der Waals surface area (Å²) in [5, 5.41) is 2.43. The van der Waals surface area contributed by atoms with E-state index in [0.29, 0.717) is 4.47 Å². The number of carbonyl (C=O) groups excluding carboxylic acids is 1. The maximum atomic E-state index is 13.5. The van der Waals surface area contributed by atoms with E-state index in [1.54, 1.807) is 6.07 Å². The van der Waals surface area contributed by atoms with Gasteiger partial charge in [0.15, 0.2) is 11.0 Å². The van der Waals surface area contributed by atoms with Gasteiger partial charge in [-0.15, -0.1) is 0 Å². The van der Waals surface area contributed by atoms with E-state index in [0.717, 1.165) is 0 Å². The monoisotopic (exact) mass is 329 g/mol. The third-order valence-corrected chi connectivity index (χ3v) is 2.83. The molecule has 1 heterocycles. The molecule has 0 aliphatic heterocycles. The minimum absolute atomic E-state index is 0.0448. The van der Waals surface area contributed by atoms with Crippen molar-refractivity contribution in [3.05, 3.63) is 51.6 Å². The lowest BCUT2D eigenvalue weighted by Gasteiger charge is -2.06. The summed E-state index contributed by atoms with van der Waals surface area (Å²) in [4.78, 5) is 19.4. The van der Waals surface area contributed by atoms with Crippen LogP contribution in [0.4, 0.5) is 10.2 Å². The first-order valence-electron chi connectivity index (χ1n) is 4.81. The minimum Gasteiger partial charge on any atom is -0.304 e. The van der Waals surface area contributed by atoms with Gasteiger partial charge in [-0.1, -0.05) is 27.5 Å². The Labute approximate surface area is 115 Å². The number of nitrogens with zero attached hydrogens (tertiary/aromatic N) is 2. The van der Waals surface area contributed by atoms with E-state index in [9.17, 15) is 9.18 Å². The fourth-order valence-electron chi connectivity index (χ4n) is 1.25. The molecule has 0 fully saturated rings. The molecule has 1 aromatic carbocycles. The molecule has 4 nitrogen and oxygen atoms in total. The number of anilines is 1. The average Bonchev–Trinajstić information content (AvgIpc) is 2.32. The van der Waals surface area contributed by atoms with E-state index in [1.165, 1.54) is 24.5 Å². The number of nitrogens with one attached hydrogen (secondary N) is 1. The van der Waals surface area contributed by atoms with Gasteiger partial charge in [-0.25, -0.2) is 14.4 Å². The van der Waals surface area contributed by atoms with Crippen molar-refractivity contribution in [3.63, 3.8) is 0 Å². The number of benzene rings is 1. The summed E-state index contributed by atoms with van der Waals surface area (Å²) in [6.45, 7) is 0. The highest BCUT2D eigenvalue weighted by atomic mass is 79.9. The molecule has 7 heteroatoms. The van der Waals surface area contributed by atoms with Crippen LogP contribution in [-0.4, -0.2) is 15.9 Å². The molecule has 0 atom stereocenters. The van der Waals surface area contributed by atoms with Gasteiger partial charge >= 0.3 is 0 Å². The van der Waals surface area contributed by atoms with Crippen molar-refractivity contribution in [1.82, 2.24) is 9.97 Å². The van der Waals surface area contributed by atoms with Crippen molar-refractivity contribution in [2.24, 2.45) is 0 Å². The van der Waals surface area contributed by atoms with Gasteiger partial charge in [0.05, 0.1) is 5.56 Å². The number of amides is 1. The second-order valence-corrected chi connectivity index (χ2v) is 4.55. The summed E-state index contributed by atoms with van der Waals surface area (Å²) in [5.41, 5.74) is -0.0973. The van der Waals surface area contributed by atoms with Gasteiger partial charge < -0.3 is 5.32 Å². The number of rotatable bonds is 2. The Morgan fingerprint density at radius 2 is 2.06 bits per heavy atom. The molecule has 1 N–H and O–H groups in total. The highest BCUT2D eigenvalue weighted by Crippen LogP contribution is 2.18. The van der Waals surface area contributed by atoms with Gasteiger partial charge in [0.25, 0.3) is 5.91 Å². The Kier molecular flexibility index (Phi) is 3.88. The minimum atomic E-state index is -0.637. The lowest BCUT2D eigenvalue weighted by Crippen LogP contribution is -2.15. The van der Waals surface area contributed by atoms with Crippen molar-refractivity contribution in [3.8, 4) is 0 Å². The van der Waals surface area contributed by atoms with Gasteiger partial charge in [-0.3, -0.25) is 4.79 Å². The van der Waals surface area contributed by atoms with Crippen molar-refractivity contribution in [2.45, 2.75) is 0 Å². The van der Waals surface area contributed by atoms with Crippen molar-refractivity contribution in [2.75, 3.05) is 5.32 Å². The Morgan fingerprint density at radius 1 is 1.33 bits per heavy atom. The molecule has 2 rings (SSSR count). The van der Waals surface area contributed by atoms with Gasteiger partial charge in [0.1, 0.15) is 5.82 Å². The molecule has 0 aliphatic rings. The zero-order valence-corrected chi connectivity index (χ0v) is 11.2. The first-order chi connectivity index (χ1) is 8.58. The molecule has 0 aliphatic carbocycles. The Bertz CT molecular complexity index is 609. The van der Waals surface area contributed by atoms with Crippen molar-refractivity contribution < 1.29 is 9.18 Å². The summed E-state index contributed by atoms with van der Waals surface area (Å²) < 4.78 is 14.1. The molecule has 0 unspecified atom stereocenters. The molecule has 1 aromatic heterocycles. The van der Waals surface area contributed by atoms with Gasteiger partial charge in [-0.2, -0.15) is 0 Å². The average molecular weight is 331 g/mol. The van der Waals surface area contributed by atoms with Crippen LogP contribution in [0, 0.1) is 5.82 Å². The molecular weight excluding hydrogens is 324 g/mol. The van der Waals surface area contributed by atoms with E-state index in [1.807, 2.05) is 0 Å². The first-order valence-corrected chi connectivity index (χ1v) is 5.98. The number of hydrogen-bond donors (Lipinski definition) is 1. The zero-order valence-electron chi connectivity index (χ0n) is 8.82. The molecule has 0 bridgehead atoms. The van der Waals surface area contributed by atoms with Crippen LogP contribution in [0.1, 0.15) is 10.4 Å². The van der Waals surface area contributed by atoms with Crippen molar-refractivity contribution >= 4 is 39.3 Å². The third kappa shape index (κ3) is 2.83. The first kappa shape index (κ1) is 12.9. The van der Waals surface area contributed by atoms with E-state index >= 15 is 0 Å². The molecule has 0 saturated carbocycles. The van der Waals surface area contributed by atoms with E-state index in [4.69, 9.17) is 11.6 Å². The van der Waals surface area contributed by atoms with Crippen LogP contribution < -0.4 is 5.32 Å². The SMILES string of the molecule is O=C(Nc1nccnc1Cl)c1ccc(Br)cc1F. The molecular formula is C11H6BrClFN3O. The normalized spacial score (nSPS) is 10.2. The predicted molar refractivity (Wildman–Crippen MR) is 69.1 cm³/mol. The van der Waals surface area contributed by atoms with Crippen LogP contribution in [0.25, 0.3) is 0 Å². The van der Waals surface area contributed by atoms with Gasteiger partial charge in [-0.05, 0) is 18.2 Å². The summed E-state index contributed by atoms with van der Waals surface area (Å²) in [7, 11) is 0. The number of hydrogen-bond acceptors (Lipinski definition) is 3. The lowest BCUT2D eigenvalue weighted by atomic mass is 10.2. The highest BCUT2D eigenvalue weighted by molar-refractivity contribution is 9.10. The van der Waals surface area contributed by atoms with Gasteiger partial charge in [0, 0.05) is 16.9 Å². The Morgan fingerprint density at radius 3 is 2.72 bits per heavy atom. The molecule has 2 aromatic rings. The second kappa shape index (κ2) is 5.41. The smallest absolute Gasteiger partial charge is 0.259 e. The molecule has 92 valence electrons. The zero-order chi connectivity index (χ0) is 13.1. The predicted octanol–water partition coefficient (Wildman–Crippen LogP) is 3.28. The van der Waals surface area contributed by atoms with Crippen molar-refractivity contribution in [1.29, 1.82) is 0 Å². The summed E-state index contributed by atoms with van der Waals surface area (Å²) in [5.74, 6) is -1.18. The maximum absolute atomic E-state index is 13.5. The van der Waals surface area contributed by atoms with Crippen LogP contribution in [-0.2, 0) is 0 Å². The summed E-state index contributed by atoms with van der Waals surface area (Å²) >= 11 is 8.84. The fraction of sp³-hybridized carbons (Fsp3) is 0. The maximum Gasteiger partial charge on any atom is 0.259 e. The van der Waals surface area contributed by atoms with Crippen LogP contribution in [0.15, 0.2) is 35.1 Å². The lowest BCUT2D eigenvalue weighted by molar-refractivity contribution is 0.102. The summed E-state index contributed by atoms with van der Waals surface area (Å²) in [6, 6.07) is 4.13. The van der Waals surface area contributed by atoms with Crippen LogP contribution in [0.5, 0.6) is 0 Å². The second-order valence-electron chi connectivity index (χ2n) is 3.27. The molecule has 0 radical (unpaired) electrons. The van der Waals surface area contributed by atoms with E-state index in [-0.39, 0.29) is 16.5 Å². The molecule has 18 heavy (non-hydrogen) atoms. The molecule has 0 saturated heterocycles. The van der Waals surface area contributed by atoms with Crippen LogP contribution in [0.3, 0.4) is 0 Å². The van der Waals surface area contributed by atoms with Crippen LogP contribution in [0.2, 0.25) is 5.15 Å². The molecule has 0 spiro atoms. The number of aromatic nitrogens is 2. The van der Waals surface area contributed by atoms with Crippen LogP contribution >= 0.6 is 27.5 Å². The quantitative estimate of drug-likeness (QED) is 0.919. The van der Waals surface area contributed by atoms with Gasteiger partial charge in [0.2, 0.25) is 0 Å². The Balaban J connectivity index is 2.25. The number of halogens is 3. The summed E-state index contributed by atoms with van der Waals surface area (Å²) in [6.07, 6.45) is 2.76.